The molecule has 0 aromatic carbocycles. The van der Waals surface area contributed by atoms with E-state index < -0.39 is 6.10 Å². The molecule has 2 unspecified atom stereocenters. The smallest absolute Gasteiger partial charge is 0.306 e. The lowest BCUT2D eigenvalue weighted by Crippen LogP contribution is -2.30. The highest BCUT2D eigenvalue weighted by atomic mass is 16.6. The van der Waals surface area contributed by atoms with Gasteiger partial charge in [-0.1, -0.05) is 220 Å². The van der Waals surface area contributed by atoms with Gasteiger partial charge in [-0.25, -0.2) is 0 Å². The summed E-state index contributed by atoms with van der Waals surface area (Å²) in [5.41, 5.74) is 0. The monoisotopic (exact) mass is 751 g/mol. The molecule has 0 heterocycles. The van der Waals surface area contributed by atoms with Gasteiger partial charge >= 0.3 is 17.9 Å². The Balaban J connectivity index is 4.37. The highest BCUT2D eigenvalue weighted by Gasteiger charge is 2.19. The molecule has 0 saturated carbocycles. The second-order valence-corrected chi connectivity index (χ2v) is 16.1. The van der Waals surface area contributed by atoms with E-state index in [1.165, 1.54) is 154 Å². The van der Waals surface area contributed by atoms with E-state index >= 15 is 0 Å². The fraction of sp³-hybridized carbons (Fsp3) is 0.936. The van der Waals surface area contributed by atoms with Crippen LogP contribution in [0.4, 0.5) is 0 Å². The van der Waals surface area contributed by atoms with Crippen LogP contribution in [0.2, 0.25) is 0 Å². The molecular formula is C47H90O6. The molecule has 0 rings (SSSR count). The number of carbonyl (C=O) groups is 3. The van der Waals surface area contributed by atoms with E-state index in [0.717, 1.165) is 63.7 Å². The number of hydrogen-bond donors (Lipinski definition) is 0. The van der Waals surface area contributed by atoms with Crippen LogP contribution in [0, 0.1) is 5.92 Å². The maximum absolute atomic E-state index is 12.7. The molecule has 0 aromatic heterocycles. The number of esters is 3. The van der Waals surface area contributed by atoms with Gasteiger partial charge in [0.15, 0.2) is 6.10 Å². The largest absolute Gasteiger partial charge is 0.462 e. The van der Waals surface area contributed by atoms with Crippen LogP contribution in [-0.2, 0) is 28.6 Å². The molecule has 2 atom stereocenters. The average Bonchev–Trinajstić information content (AvgIpc) is 3.15. The summed E-state index contributed by atoms with van der Waals surface area (Å²) >= 11 is 0. The van der Waals surface area contributed by atoms with Crippen LogP contribution in [0.15, 0.2) is 0 Å². The summed E-state index contributed by atoms with van der Waals surface area (Å²) in [6, 6.07) is 0. The average molecular weight is 751 g/mol. The molecule has 0 bridgehead atoms. The van der Waals surface area contributed by atoms with Crippen molar-refractivity contribution >= 4 is 17.9 Å². The van der Waals surface area contributed by atoms with Gasteiger partial charge in [0.1, 0.15) is 13.2 Å². The Morgan fingerprint density at radius 3 is 1.02 bits per heavy atom. The molecule has 0 amide bonds. The predicted octanol–water partition coefficient (Wildman–Crippen LogP) is 14.7. The normalized spacial score (nSPS) is 12.5. The fourth-order valence-electron chi connectivity index (χ4n) is 7.29. The summed E-state index contributed by atoms with van der Waals surface area (Å²) in [7, 11) is 0. The first kappa shape index (κ1) is 51.4. The van der Waals surface area contributed by atoms with E-state index in [4.69, 9.17) is 14.2 Å². The van der Waals surface area contributed by atoms with E-state index in [0.29, 0.717) is 19.3 Å². The van der Waals surface area contributed by atoms with Crippen molar-refractivity contribution in [2.75, 3.05) is 13.2 Å². The Morgan fingerprint density at radius 1 is 0.358 bits per heavy atom. The molecule has 53 heavy (non-hydrogen) atoms. The highest BCUT2D eigenvalue weighted by Crippen LogP contribution is 2.20. The van der Waals surface area contributed by atoms with Crippen LogP contribution < -0.4 is 0 Å². The van der Waals surface area contributed by atoms with Crippen LogP contribution in [0.25, 0.3) is 0 Å². The minimum Gasteiger partial charge on any atom is -0.462 e. The molecule has 314 valence electrons. The number of rotatable bonds is 42. The summed E-state index contributed by atoms with van der Waals surface area (Å²) in [4.78, 5) is 37.7. The van der Waals surface area contributed by atoms with Crippen molar-refractivity contribution in [1.82, 2.24) is 0 Å². The molecule has 0 fully saturated rings. The SMILES string of the molecule is CCCCCCCCCCCCCC(=O)OCC(COC(=O)CCCCCCCCCC(CC)CCC)OC(=O)CCCCCCCCCCCCC. The summed E-state index contributed by atoms with van der Waals surface area (Å²) in [6.45, 7) is 8.97. The van der Waals surface area contributed by atoms with Crippen molar-refractivity contribution in [3.63, 3.8) is 0 Å². The standard InChI is InChI=1S/C47H90O6/c1-5-9-11-13-15-17-19-21-25-29-33-38-45(48)51-41-44(53-47(50)40-35-31-26-22-20-18-16-14-12-10-6-2)42-52-46(49)39-34-30-27-23-24-28-32-37-43(8-4)36-7-3/h43-44H,5-42H2,1-4H3. The molecule has 0 aliphatic heterocycles. The fourth-order valence-corrected chi connectivity index (χ4v) is 7.29. The lowest BCUT2D eigenvalue weighted by Gasteiger charge is -2.18. The first-order chi connectivity index (χ1) is 26.0. The van der Waals surface area contributed by atoms with Crippen molar-refractivity contribution < 1.29 is 28.6 Å². The molecule has 0 spiro atoms. The number of ether oxygens (including phenoxy) is 3. The molecule has 0 saturated heterocycles. The molecule has 0 aliphatic carbocycles. The highest BCUT2D eigenvalue weighted by molar-refractivity contribution is 5.71. The lowest BCUT2D eigenvalue weighted by atomic mass is 9.94. The summed E-state index contributed by atoms with van der Waals surface area (Å²) in [5, 5.41) is 0. The second-order valence-electron chi connectivity index (χ2n) is 16.1. The van der Waals surface area contributed by atoms with Crippen LogP contribution in [0.3, 0.4) is 0 Å². The van der Waals surface area contributed by atoms with Gasteiger partial charge in [-0.15, -0.1) is 0 Å². The summed E-state index contributed by atoms with van der Waals surface area (Å²) in [5.74, 6) is 0.0452. The number of unbranched alkanes of at least 4 members (excludes halogenated alkanes) is 26. The molecule has 6 heteroatoms. The van der Waals surface area contributed by atoms with Crippen molar-refractivity contribution in [2.45, 2.75) is 265 Å². The Morgan fingerprint density at radius 2 is 0.679 bits per heavy atom. The Bertz CT molecular complexity index is 798. The molecule has 0 aliphatic rings. The molecule has 0 aromatic rings. The zero-order chi connectivity index (χ0) is 38.9. The van der Waals surface area contributed by atoms with Crippen molar-refractivity contribution in [1.29, 1.82) is 0 Å². The Kier molecular flexibility index (Phi) is 40.3. The van der Waals surface area contributed by atoms with Gasteiger partial charge in [0.05, 0.1) is 0 Å². The maximum Gasteiger partial charge on any atom is 0.306 e. The third-order valence-corrected chi connectivity index (χ3v) is 10.9. The van der Waals surface area contributed by atoms with Gasteiger partial charge in [-0.3, -0.25) is 14.4 Å². The van der Waals surface area contributed by atoms with E-state index in [1.807, 2.05) is 0 Å². The van der Waals surface area contributed by atoms with Crippen molar-refractivity contribution in [2.24, 2.45) is 5.92 Å². The maximum atomic E-state index is 12.7. The molecule has 0 N–H and O–H groups in total. The van der Waals surface area contributed by atoms with E-state index in [2.05, 4.69) is 27.7 Å². The first-order valence-electron chi connectivity index (χ1n) is 23.5. The molecule has 0 radical (unpaired) electrons. The molecular weight excluding hydrogens is 661 g/mol. The number of carbonyl (C=O) groups excluding carboxylic acids is 3. The minimum absolute atomic E-state index is 0.0639. The third-order valence-electron chi connectivity index (χ3n) is 10.9. The van der Waals surface area contributed by atoms with Crippen LogP contribution in [0.5, 0.6) is 0 Å². The van der Waals surface area contributed by atoms with E-state index in [9.17, 15) is 14.4 Å². The quantitative estimate of drug-likeness (QED) is 0.0351. The third kappa shape index (κ3) is 38.5. The van der Waals surface area contributed by atoms with Gasteiger partial charge in [0.25, 0.3) is 0 Å². The summed E-state index contributed by atoms with van der Waals surface area (Å²) in [6.07, 6.45) is 40.7. The van der Waals surface area contributed by atoms with E-state index in [-0.39, 0.29) is 31.1 Å². The van der Waals surface area contributed by atoms with Crippen LogP contribution >= 0.6 is 0 Å². The van der Waals surface area contributed by atoms with Crippen molar-refractivity contribution in [3.05, 3.63) is 0 Å². The zero-order valence-corrected chi connectivity index (χ0v) is 36.0. The molecule has 6 nitrogen and oxygen atoms in total. The van der Waals surface area contributed by atoms with Gasteiger partial charge < -0.3 is 14.2 Å². The minimum atomic E-state index is -0.759. The Labute approximate surface area is 329 Å². The van der Waals surface area contributed by atoms with Crippen molar-refractivity contribution in [3.8, 4) is 0 Å². The van der Waals surface area contributed by atoms with Gasteiger partial charge in [-0.2, -0.15) is 0 Å². The number of hydrogen-bond acceptors (Lipinski definition) is 6. The predicted molar refractivity (Wildman–Crippen MR) is 224 cm³/mol. The Hall–Kier alpha value is -1.59. The van der Waals surface area contributed by atoms with Gasteiger partial charge in [0.2, 0.25) is 0 Å². The topological polar surface area (TPSA) is 78.9 Å². The van der Waals surface area contributed by atoms with Crippen LogP contribution in [-0.4, -0.2) is 37.2 Å². The zero-order valence-electron chi connectivity index (χ0n) is 36.0. The second kappa shape index (κ2) is 41.6. The first-order valence-corrected chi connectivity index (χ1v) is 23.5. The van der Waals surface area contributed by atoms with Crippen LogP contribution in [0.1, 0.15) is 259 Å². The lowest BCUT2D eigenvalue weighted by molar-refractivity contribution is -0.167. The summed E-state index contributed by atoms with van der Waals surface area (Å²) < 4.78 is 16.7. The van der Waals surface area contributed by atoms with Gasteiger partial charge in [-0.05, 0) is 25.2 Å². The van der Waals surface area contributed by atoms with E-state index in [1.54, 1.807) is 0 Å². The van der Waals surface area contributed by atoms with Gasteiger partial charge in [0, 0.05) is 19.3 Å².